The Bertz CT molecular complexity index is 2260. The van der Waals surface area contributed by atoms with Crippen molar-refractivity contribution in [2.45, 2.75) is 51.7 Å². The number of carbonyl (C=O) groups excluding carboxylic acids is 1. The van der Waals surface area contributed by atoms with Gasteiger partial charge in [-0.1, -0.05) is 134 Å². The second-order valence-corrected chi connectivity index (χ2v) is 14.4. The molecule has 4 atom stereocenters. The maximum atomic E-state index is 14.2. The van der Waals surface area contributed by atoms with Crippen LogP contribution in [0.1, 0.15) is 63.1 Å². The molecule has 298 valence electrons. The maximum Gasteiger partial charge on any atom is 0.257 e. The Labute approximate surface area is 333 Å². The van der Waals surface area contributed by atoms with Crippen LogP contribution in [0, 0.1) is 35.0 Å². The molecule has 1 heterocycles. The van der Waals surface area contributed by atoms with Crippen LogP contribution in [0.2, 0.25) is 0 Å². The molecule has 1 amide bonds. The molecule has 0 saturated carbocycles. The number of aliphatic hydroxyl groups excluding tert-OH is 1. The van der Waals surface area contributed by atoms with Crippen molar-refractivity contribution < 1.29 is 41.3 Å². The summed E-state index contributed by atoms with van der Waals surface area (Å²) >= 11 is 0. The lowest BCUT2D eigenvalue weighted by molar-refractivity contribution is -0.276. The second-order valence-electron chi connectivity index (χ2n) is 14.4. The fraction of sp³-hybridized carbons (Fsp3) is 0.213. The van der Waals surface area contributed by atoms with Gasteiger partial charge in [0, 0.05) is 37.7 Å². The van der Waals surface area contributed by atoms with Crippen LogP contribution >= 0.6 is 0 Å². The van der Waals surface area contributed by atoms with Gasteiger partial charge in [-0.25, -0.2) is 22.0 Å². The van der Waals surface area contributed by atoms with E-state index < -0.39 is 46.8 Å². The molecule has 1 saturated heterocycles. The molecule has 58 heavy (non-hydrogen) atoms. The van der Waals surface area contributed by atoms with Crippen molar-refractivity contribution >= 4 is 5.91 Å². The third-order valence-electron chi connectivity index (χ3n) is 10.4. The number of benzene rings is 6. The molecule has 0 aliphatic carbocycles. The summed E-state index contributed by atoms with van der Waals surface area (Å²) in [6, 6.07) is 43.0. The van der Waals surface area contributed by atoms with Crippen LogP contribution in [-0.2, 0) is 35.7 Å². The van der Waals surface area contributed by atoms with Gasteiger partial charge in [-0.3, -0.25) is 9.69 Å². The smallest absolute Gasteiger partial charge is 0.257 e. The quantitative estimate of drug-likeness (QED) is 0.0693. The van der Waals surface area contributed by atoms with E-state index in [4.69, 9.17) is 9.47 Å². The number of halogens is 5. The Balaban J connectivity index is 1.11. The minimum Gasteiger partial charge on any atom is -0.392 e. The van der Waals surface area contributed by atoms with E-state index in [1.807, 2.05) is 91.0 Å². The zero-order valence-corrected chi connectivity index (χ0v) is 31.6. The number of nitrogens with zero attached hydrogens (tertiary/aromatic N) is 1. The van der Waals surface area contributed by atoms with Gasteiger partial charge in [-0.2, -0.15) is 0 Å². The highest BCUT2D eigenvalue weighted by molar-refractivity contribution is 5.94. The van der Waals surface area contributed by atoms with Crippen molar-refractivity contribution in [3.05, 3.63) is 201 Å². The summed E-state index contributed by atoms with van der Waals surface area (Å²) in [5.74, 6) is -12.6. The first-order valence-corrected chi connectivity index (χ1v) is 18.9. The first-order valence-electron chi connectivity index (χ1n) is 18.9. The van der Waals surface area contributed by atoms with Gasteiger partial charge in [0.15, 0.2) is 29.6 Å². The lowest BCUT2D eigenvalue weighted by Gasteiger charge is -2.43. The molecular weight excluding hydrogens is 752 g/mol. The fourth-order valence-electron chi connectivity index (χ4n) is 7.22. The van der Waals surface area contributed by atoms with Crippen molar-refractivity contribution in [1.82, 2.24) is 10.2 Å². The molecule has 1 aliphatic rings. The summed E-state index contributed by atoms with van der Waals surface area (Å²) in [4.78, 5) is 14.9. The van der Waals surface area contributed by atoms with Crippen LogP contribution < -0.4 is 5.32 Å². The molecule has 2 N–H and O–H groups in total. The lowest BCUT2D eigenvalue weighted by Crippen LogP contribution is -2.44. The normalized spacial score (nSPS) is 18.0. The fourth-order valence-corrected chi connectivity index (χ4v) is 7.22. The molecule has 1 aliphatic heterocycles. The molecule has 1 fully saturated rings. The number of hydrogen-bond acceptors (Lipinski definition) is 5. The first-order chi connectivity index (χ1) is 28.1. The van der Waals surface area contributed by atoms with Gasteiger partial charge in [-0.05, 0) is 45.0 Å². The second kappa shape index (κ2) is 18.3. The zero-order chi connectivity index (χ0) is 40.8. The molecule has 0 unspecified atom stereocenters. The van der Waals surface area contributed by atoms with E-state index in [2.05, 4.69) is 41.4 Å². The number of hydrogen-bond donors (Lipinski definition) is 2. The summed E-state index contributed by atoms with van der Waals surface area (Å²) in [7, 11) is 0. The van der Waals surface area contributed by atoms with Crippen LogP contribution in [-0.4, -0.2) is 28.6 Å². The molecule has 0 aromatic heterocycles. The highest BCUT2D eigenvalue weighted by Gasteiger charge is 2.39. The number of carbonyl (C=O) groups is 1. The molecule has 7 rings (SSSR count). The molecule has 0 spiro atoms. The SMILES string of the molecule is C[C@H]1[C@@H](CN(Cc2ccccc2)Cc2ccccc2)O[C@@H](c2ccc(-c3cccc(CNC(=O)c4c(F)c(F)c(F)c(F)c4F)c3)cc2)O[C@H]1c1ccc(CO)cc1. The Morgan fingerprint density at radius 1 is 0.621 bits per heavy atom. The van der Waals surface area contributed by atoms with Gasteiger partial charge in [0.2, 0.25) is 5.82 Å². The van der Waals surface area contributed by atoms with E-state index in [-0.39, 0.29) is 31.3 Å². The van der Waals surface area contributed by atoms with E-state index >= 15 is 0 Å². The summed E-state index contributed by atoms with van der Waals surface area (Å²) in [5.41, 5.74) is 5.50. The topological polar surface area (TPSA) is 71.0 Å². The van der Waals surface area contributed by atoms with Gasteiger partial charge in [0.05, 0.1) is 18.8 Å². The van der Waals surface area contributed by atoms with Crippen LogP contribution in [0.15, 0.2) is 133 Å². The maximum absolute atomic E-state index is 14.2. The van der Waals surface area contributed by atoms with E-state index in [1.165, 1.54) is 11.1 Å². The standard InChI is InChI=1S/C47H41F5N2O4/c1-29-38(27-54(25-30-9-4-2-5-10-30)26-31-11-6-3-7-12-31)57-47(58-45(29)35-17-15-32(28-55)16-18-35)36-21-19-34(20-22-36)37-14-8-13-33(23-37)24-53-46(56)39-40(48)42(50)44(52)43(51)41(39)49/h2-23,29,38,45,47,55H,24-28H2,1H3,(H,53,56)/t29-,38+,45+,47+/m0/s1. The molecule has 0 bridgehead atoms. The minimum atomic E-state index is -2.33. The van der Waals surface area contributed by atoms with Crippen molar-refractivity contribution in [2.75, 3.05) is 6.54 Å². The van der Waals surface area contributed by atoms with Crippen LogP contribution in [0.4, 0.5) is 22.0 Å². The monoisotopic (exact) mass is 792 g/mol. The largest absolute Gasteiger partial charge is 0.392 e. The average molecular weight is 793 g/mol. The Morgan fingerprint density at radius 3 is 1.76 bits per heavy atom. The highest BCUT2D eigenvalue weighted by atomic mass is 19.2. The Hall–Kier alpha value is -5.72. The predicted molar refractivity (Wildman–Crippen MR) is 209 cm³/mol. The van der Waals surface area contributed by atoms with Gasteiger partial charge in [0.1, 0.15) is 5.56 Å². The van der Waals surface area contributed by atoms with Crippen molar-refractivity contribution in [2.24, 2.45) is 5.92 Å². The van der Waals surface area contributed by atoms with Crippen molar-refractivity contribution in [3.63, 3.8) is 0 Å². The summed E-state index contributed by atoms with van der Waals surface area (Å²) in [5, 5.41) is 11.9. The van der Waals surface area contributed by atoms with Gasteiger partial charge >= 0.3 is 0 Å². The van der Waals surface area contributed by atoms with Gasteiger partial charge < -0.3 is 19.9 Å². The molecule has 6 aromatic rings. The molecule has 0 radical (unpaired) electrons. The molecule has 6 nitrogen and oxygen atoms in total. The van der Waals surface area contributed by atoms with E-state index in [0.717, 1.165) is 40.9 Å². The minimum absolute atomic E-state index is 0.0399. The Morgan fingerprint density at radius 2 is 1.17 bits per heavy atom. The van der Waals surface area contributed by atoms with Gasteiger partial charge in [0.25, 0.3) is 5.91 Å². The third-order valence-corrected chi connectivity index (χ3v) is 10.4. The van der Waals surface area contributed by atoms with Crippen LogP contribution in [0.25, 0.3) is 11.1 Å². The number of ether oxygens (including phenoxy) is 2. The van der Waals surface area contributed by atoms with E-state index in [0.29, 0.717) is 12.1 Å². The van der Waals surface area contributed by atoms with Crippen molar-refractivity contribution in [3.8, 4) is 11.1 Å². The van der Waals surface area contributed by atoms with Crippen LogP contribution in [0.3, 0.4) is 0 Å². The summed E-state index contributed by atoms with van der Waals surface area (Å²) < 4.78 is 82.9. The molecule has 11 heteroatoms. The average Bonchev–Trinajstić information content (AvgIpc) is 3.26. The number of amides is 1. The number of nitrogens with one attached hydrogen (secondary N) is 1. The zero-order valence-electron chi connectivity index (χ0n) is 31.6. The van der Waals surface area contributed by atoms with E-state index in [1.54, 1.807) is 18.2 Å². The number of rotatable bonds is 13. The summed E-state index contributed by atoms with van der Waals surface area (Å²) in [6.07, 6.45) is -1.26. The Kier molecular flexibility index (Phi) is 12.7. The van der Waals surface area contributed by atoms with E-state index in [9.17, 15) is 31.9 Å². The molecular formula is C47H41F5N2O4. The van der Waals surface area contributed by atoms with Gasteiger partial charge in [-0.15, -0.1) is 0 Å². The third kappa shape index (κ3) is 9.19. The molecule has 6 aromatic carbocycles. The van der Waals surface area contributed by atoms with Crippen LogP contribution in [0.5, 0.6) is 0 Å². The predicted octanol–water partition coefficient (Wildman–Crippen LogP) is 9.97. The first kappa shape index (κ1) is 40.5. The summed E-state index contributed by atoms with van der Waals surface area (Å²) in [6.45, 7) is 3.90. The number of aliphatic hydroxyl groups is 1. The van der Waals surface area contributed by atoms with Crippen molar-refractivity contribution in [1.29, 1.82) is 0 Å². The lowest BCUT2D eigenvalue weighted by atomic mass is 9.89. The highest BCUT2D eigenvalue weighted by Crippen LogP contribution is 2.42.